The van der Waals surface area contributed by atoms with Crippen LogP contribution in [0.2, 0.25) is 0 Å². The maximum Gasteiger partial charge on any atom is 0.187 e. The van der Waals surface area contributed by atoms with E-state index in [9.17, 15) is 0 Å². The molecule has 8 rings (SSSR count). The molecule has 0 amide bonds. The van der Waals surface area contributed by atoms with Crippen molar-refractivity contribution in [3.8, 4) is 0 Å². The molecule has 0 radical (unpaired) electrons. The summed E-state index contributed by atoms with van der Waals surface area (Å²) in [6, 6.07) is 40.6. The Kier molecular flexibility index (Phi) is 22.1. The summed E-state index contributed by atoms with van der Waals surface area (Å²) in [5.74, 6) is -0.109. The molecule has 8 unspecified atom stereocenters. The summed E-state index contributed by atoms with van der Waals surface area (Å²) in [6.45, 7) is 25.6. The van der Waals surface area contributed by atoms with Crippen molar-refractivity contribution in [2.24, 2.45) is 35.5 Å². The van der Waals surface area contributed by atoms with Crippen LogP contribution in [0.3, 0.4) is 0 Å². The lowest BCUT2D eigenvalue weighted by Gasteiger charge is -2.52. The van der Waals surface area contributed by atoms with Gasteiger partial charge in [0.2, 0.25) is 0 Å². The van der Waals surface area contributed by atoms with E-state index in [-0.39, 0.29) is 85.3 Å². The van der Waals surface area contributed by atoms with Gasteiger partial charge in [0.15, 0.2) is 25.2 Å². The first-order chi connectivity index (χ1) is 37.0. The minimum Gasteiger partial charge on any atom is -0.374 e. The van der Waals surface area contributed by atoms with Crippen LogP contribution in [-0.2, 0) is 83.3 Å². The summed E-state index contributed by atoms with van der Waals surface area (Å²) in [5, 5.41) is 0. The first-order valence-electron chi connectivity index (χ1n) is 28.4. The van der Waals surface area contributed by atoms with Crippen LogP contribution in [0.4, 0.5) is 0 Å². The van der Waals surface area contributed by atoms with E-state index >= 15 is 0 Å². The highest BCUT2D eigenvalue weighted by Gasteiger charge is 2.54. The SMILES string of the molecule is C=CCO[C@@H]1C(C)[C@H](O[C@@H]2C(C)[C@H](O[C@@H]3C(C)[C@H](OC4[C@H](OCc5ccccc5)OC(COCc5ccccc5)[C@H](OCc5ccccc5)[C@@H]4OCc4ccccc4)OC(CC)[C@@H]3C)OC(CC)[C@@H]2C)OC(CC)[C@@H]1C. The Morgan fingerprint density at radius 2 is 0.724 bits per heavy atom. The Bertz CT molecular complexity index is 2260. The summed E-state index contributed by atoms with van der Waals surface area (Å²) in [5.41, 5.74) is 4.08. The molecule has 4 aromatic carbocycles. The van der Waals surface area contributed by atoms with Crippen LogP contribution in [0.25, 0.3) is 0 Å². The number of ether oxygens (including phenoxy) is 12. The highest BCUT2D eigenvalue weighted by Crippen LogP contribution is 2.44. The van der Waals surface area contributed by atoms with Gasteiger partial charge in [-0.15, -0.1) is 6.58 Å². The molecule has 12 nitrogen and oxygen atoms in total. The van der Waals surface area contributed by atoms with E-state index in [1.165, 1.54) is 0 Å². The molecule has 4 saturated heterocycles. The Balaban J connectivity index is 1.09. The van der Waals surface area contributed by atoms with E-state index in [4.69, 9.17) is 56.8 Å². The molecular weight excluding hydrogens is 961 g/mol. The third-order valence-electron chi connectivity index (χ3n) is 16.4. The first kappa shape index (κ1) is 58.3. The third kappa shape index (κ3) is 14.7. The fourth-order valence-electron chi connectivity index (χ4n) is 11.9. The summed E-state index contributed by atoms with van der Waals surface area (Å²) in [4.78, 5) is 0. The van der Waals surface area contributed by atoms with Gasteiger partial charge in [-0.05, 0) is 41.5 Å². The van der Waals surface area contributed by atoms with Crippen LogP contribution in [-0.4, -0.2) is 99.4 Å². The van der Waals surface area contributed by atoms with Crippen LogP contribution in [0.1, 0.15) is 104 Å². The number of rotatable bonds is 25. The molecule has 4 fully saturated rings. The van der Waals surface area contributed by atoms with Gasteiger partial charge in [-0.25, -0.2) is 0 Å². The topological polar surface area (TPSA) is 111 Å². The number of benzene rings is 4. The molecule has 0 N–H and O–H groups in total. The average molecular weight is 1050 g/mol. The molecule has 4 aliphatic rings. The van der Waals surface area contributed by atoms with Gasteiger partial charge < -0.3 is 56.8 Å². The van der Waals surface area contributed by atoms with Crippen LogP contribution in [0, 0.1) is 35.5 Å². The molecule has 76 heavy (non-hydrogen) atoms. The monoisotopic (exact) mass is 1050 g/mol. The van der Waals surface area contributed by atoms with Crippen molar-refractivity contribution in [3.63, 3.8) is 0 Å². The summed E-state index contributed by atoms with van der Waals surface area (Å²) in [6.07, 6.45) is -2.08. The van der Waals surface area contributed by atoms with Crippen LogP contribution in [0.5, 0.6) is 0 Å². The largest absolute Gasteiger partial charge is 0.374 e. The molecule has 0 aromatic heterocycles. The van der Waals surface area contributed by atoms with Crippen LogP contribution in [0.15, 0.2) is 134 Å². The van der Waals surface area contributed by atoms with Gasteiger partial charge in [0.25, 0.3) is 0 Å². The minimum absolute atomic E-state index is 0.00308. The van der Waals surface area contributed by atoms with E-state index in [2.05, 4.69) is 105 Å². The zero-order valence-corrected chi connectivity index (χ0v) is 46.6. The second-order valence-electron chi connectivity index (χ2n) is 21.8. The van der Waals surface area contributed by atoms with Gasteiger partial charge >= 0.3 is 0 Å². The molecule has 416 valence electrons. The lowest BCUT2D eigenvalue weighted by molar-refractivity contribution is -0.378. The van der Waals surface area contributed by atoms with Crippen LogP contribution < -0.4 is 0 Å². The normalized spacial score (nSPS) is 35.9. The van der Waals surface area contributed by atoms with E-state index in [0.717, 1.165) is 41.5 Å². The predicted molar refractivity (Wildman–Crippen MR) is 292 cm³/mol. The lowest BCUT2D eigenvalue weighted by atomic mass is 9.82. The van der Waals surface area contributed by atoms with Gasteiger partial charge in [-0.1, -0.05) is 190 Å². The summed E-state index contributed by atoms with van der Waals surface area (Å²) in [7, 11) is 0. The molecule has 4 aromatic rings. The summed E-state index contributed by atoms with van der Waals surface area (Å²) < 4.78 is 83.8. The van der Waals surface area contributed by atoms with Crippen LogP contribution >= 0.6 is 0 Å². The predicted octanol–water partition coefficient (Wildman–Crippen LogP) is 12.3. The van der Waals surface area contributed by atoms with Crippen molar-refractivity contribution in [2.75, 3.05) is 13.2 Å². The molecule has 0 spiro atoms. The van der Waals surface area contributed by atoms with Gasteiger partial charge in [0, 0.05) is 35.5 Å². The minimum atomic E-state index is -0.912. The van der Waals surface area contributed by atoms with Gasteiger partial charge in [-0.3, -0.25) is 0 Å². The van der Waals surface area contributed by atoms with E-state index < -0.39 is 49.6 Å². The van der Waals surface area contributed by atoms with Crippen molar-refractivity contribution >= 4 is 0 Å². The maximum atomic E-state index is 7.44. The lowest BCUT2D eigenvalue weighted by Crippen LogP contribution is -2.64. The maximum absolute atomic E-state index is 7.44. The molecule has 0 saturated carbocycles. The zero-order valence-electron chi connectivity index (χ0n) is 46.6. The zero-order chi connectivity index (χ0) is 53.6. The Morgan fingerprint density at radius 1 is 0.368 bits per heavy atom. The number of hydrogen-bond donors (Lipinski definition) is 0. The second-order valence-corrected chi connectivity index (χ2v) is 21.8. The fourth-order valence-corrected chi connectivity index (χ4v) is 11.9. The molecule has 4 heterocycles. The number of hydrogen-bond acceptors (Lipinski definition) is 12. The van der Waals surface area contributed by atoms with Gasteiger partial charge in [0.05, 0.1) is 76.3 Å². The molecule has 12 heteroatoms. The quantitative estimate of drug-likeness (QED) is 0.0589. The van der Waals surface area contributed by atoms with Crippen molar-refractivity contribution in [3.05, 3.63) is 156 Å². The van der Waals surface area contributed by atoms with Crippen molar-refractivity contribution in [1.82, 2.24) is 0 Å². The highest BCUT2D eigenvalue weighted by atomic mass is 16.8. The third-order valence-corrected chi connectivity index (χ3v) is 16.4. The van der Waals surface area contributed by atoms with E-state index in [1.54, 1.807) is 0 Å². The molecular formula is C64H88O12. The average Bonchev–Trinajstić information content (AvgIpc) is 3.46. The Labute approximate surface area is 454 Å². The van der Waals surface area contributed by atoms with Crippen molar-refractivity contribution in [1.29, 1.82) is 0 Å². The molecule has 20 atom stereocenters. The highest BCUT2D eigenvalue weighted by molar-refractivity contribution is 5.16. The molecule has 0 aliphatic carbocycles. The Hall–Kier alpha value is -3.86. The summed E-state index contributed by atoms with van der Waals surface area (Å²) >= 11 is 0. The smallest absolute Gasteiger partial charge is 0.187 e. The molecule has 4 aliphatic heterocycles. The van der Waals surface area contributed by atoms with Gasteiger partial charge in [-0.2, -0.15) is 0 Å². The second kappa shape index (κ2) is 28.9. The molecule has 0 bridgehead atoms. The van der Waals surface area contributed by atoms with E-state index in [1.807, 2.05) is 91.0 Å². The Morgan fingerprint density at radius 3 is 1.14 bits per heavy atom. The van der Waals surface area contributed by atoms with Crippen molar-refractivity contribution in [2.45, 2.75) is 194 Å². The van der Waals surface area contributed by atoms with Crippen molar-refractivity contribution < 1.29 is 56.8 Å². The van der Waals surface area contributed by atoms with E-state index in [0.29, 0.717) is 26.4 Å². The fraction of sp³-hybridized carbons (Fsp3) is 0.594. The first-order valence-corrected chi connectivity index (χ1v) is 28.4. The van der Waals surface area contributed by atoms with Gasteiger partial charge in [0.1, 0.15) is 24.4 Å². The standard InChI is InChI=1S/C64H88O12/c1-11-35-66-55-41(5)51(12-2)70-61(44(55)8)74-56-42(6)52(13-3)71-62(45(56)9)75-57-43(7)53(14-4)72-63(46(57)10)76-60-59(68-38-49-31-23-17-24-32-49)58(67-37-48-29-21-16-22-30-48)54(40-65-36-47-27-19-15-20-28-47)73-64(60)69-39-50-33-25-18-26-34-50/h11,15-34,41-46,51-64H,1,12-14,35-40H2,2-10H3/t41-,42-,43-,44?,45?,46?,51?,52?,53?,54?,55-,56-,57-,58-,59-,60?,61-,62-,63-,64+/m0/s1.